The zero-order valence-corrected chi connectivity index (χ0v) is 29.4. The van der Waals surface area contributed by atoms with Crippen LogP contribution in [0.4, 0.5) is 0 Å². The molecule has 0 radical (unpaired) electrons. The minimum absolute atomic E-state index is 0. The Bertz CT molecular complexity index is 1190. The molecule has 2 heterocycles. The second kappa shape index (κ2) is 18.0. The summed E-state index contributed by atoms with van der Waals surface area (Å²) in [5, 5.41) is 0. The van der Waals surface area contributed by atoms with E-state index in [0.29, 0.717) is 43.4 Å². The summed E-state index contributed by atoms with van der Waals surface area (Å²) in [5.41, 5.74) is -1.90. The summed E-state index contributed by atoms with van der Waals surface area (Å²) in [6.07, 6.45) is 13.1. The van der Waals surface area contributed by atoms with Gasteiger partial charge in [0.1, 0.15) is 11.2 Å². The van der Waals surface area contributed by atoms with E-state index >= 15 is 0 Å². The number of methoxy groups -OCH3 is 1. The van der Waals surface area contributed by atoms with Crippen molar-refractivity contribution in [1.82, 2.24) is 0 Å². The third kappa shape index (κ3) is 9.21. The molecule has 6 bridgehead atoms. The second-order valence-corrected chi connectivity index (χ2v) is 17.9. The average Bonchev–Trinajstić information content (AvgIpc) is 3.72. The van der Waals surface area contributed by atoms with Gasteiger partial charge in [0.25, 0.3) is 0 Å². The number of esters is 4. The molecular formula is C44H82O8. The summed E-state index contributed by atoms with van der Waals surface area (Å²) >= 11 is 0. The Morgan fingerprint density at radius 1 is 0.827 bits per heavy atom. The molecule has 2 saturated heterocycles. The molecular weight excluding hydrogens is 656 g/mol. The van der Waals surface area contributed by atoms with E-state index in [2.05, 4.69) is 13.8 Å². The standard InChI is InChI=1S/C29H46O6.C9H12O2.6CH4/c1-8-21(23(30)33-7)12-22(16-28(6)17-26(2,3)35-25(28)32)24(31)34-27(4,5)29-13-18-9-19(14-29)11-20(10-18)15-29;10-9-8-6-2-1-5(3-6)7(8)4-11-9;;;;;;/h18-22H,8-17H2,1-7H3;5-8H,1-4H2;6*1H4. The lowest BCUT2D eigenvalue weighted by Crippen LogP contribution is -2.57. The minimum atomic E-state index is -0.785. The summed E-state index contributed by atoms with van der Waals surface area (Å²) in [7, 11) is 1.38. The van der Waals surface area contributed by atoms with Gasteiger partial charge in [0.2, 0.25) is 0 Å². The molecule has 306 valence electrons. The first-order chi connectivity index (χ1) is 21.6. The number of ether oxygens (including phenoxy) is 4. The Hall–Kier alpha value is -2.12. The highest BCUT2D eigenvalue weighted by Crippen LogP contribution is 2.64. The van der Waals surface area contributed by atoms with Gasteiger partial charge in [-0.2, -0.15) is 0 Å². The Morgan fingerprint density at radius 3 is 1.83 bits per heavy atom. The third-order valence-corrected chi connectivity index (χ3v) is 13.8. The number of cyclic esters (lactones) is 2. The third-order valence-electron chi connectivity index (χ3n) is 13.8. The summed E-state index contributed by atoms with van der Waals surface area (Å²) in [4.78, 5) is 50.4. The summed E-state index contributed by atoms with van der Waals surface area (Å²) < 4.78 is 22.1. The Balaban J connectivity index is 0.00000130. The van der Waals surface area contributed by atoms with Gasteiger partial charge in [-0.15, -0.1) is 0 Å². The summed E-state index contributed by atoms with van der Waals surface area (Å²) in [5.74, 6) is 2.97. The first kappa shape index (κ1) is 49.9. The fourth-order valence-corrected chi connectivity index (χ4v) is 11.9. The molecule has 52 heavy (non-hydrogen) atoms. The van der Waals surface area contributed by atoms with E-state index in [1.807, 2.05) is 27.7 Å². The van der Waals surface area contributed by atoms with E-state index in [4.69, 9.17) is 18.9 Å². The smallest absolute Gasteiger partial charge is 0.312 e. The molecule has 7 atom stereocenters. The number of carbonyl (C=O) groups excluding carboxylic acids is 4. The van der Waals surface area contributed by atoms with Crippen LogP contribution in [0.25, 0.3) is 0 Å². The first-order valence-electron chi connectivity index (χ1n) is 18.3. The molecule has 8 aliphatic rings. The van der Waals surface area contributed by atoms with Crippen LogP contribution in [0.15, 0.2) is 0 Å². The van der Waals surface area contributed by atoms with Crippen LogP contribution in [-0.2, 0) is 38.1 Å². The van der Waals surface area contributed by atoms with Crippen molar-refractivity contribution in [3.8, 4) is 0 Å². The Morgan fingerprint density at radius 2 is 1.37 bits per heavy atom. The van der Waals surface area contributed by atoms with E-state index < -0.39 is 28.5 Å². The predicted molar refractivity (Wildman–Crippen MR) is 211 cm³/mol. The van der Waals surface area contributed by atoms with Crippen LogP contribution in [0.3, 0.4) is 0 Å². The first-order valence-corrected chi connectivity index (χ1v) is 18.3. The molecule has 8 heteroatoms. The van der Waals surface area contributed by atoms with Crippen LogP contribution < -0.4 is 0 Å². The van der Waals surface area contributed by atoms with Gasteiger partial charge < -0.3 is 18.9 Å². The number of hydrogen-bond donors (Lipinski definition) is 0. The lowest BCUT2D eigenvalue weighted by molar-refractivity contribution is -0.203. The van der Waals surface area contributed by atoms with E-state index in [9.17, 15) is 19.2 Å². The monoisotopic (exact) mass is 739 g/mol. The van der Waals surface area contributed by atoms with Gasteiger partial charge in [-0.1, -0.05) is 51.5 Å². The van der Waals surface area contributed by atoms with Crippen LogP contribution >= 0.6 is 0 Å². The van der Waals surface area contributed by atoms with Crippen LogP contribution in [0.2, 0.25) is 0 Å². The molecule has 0 aromatic carbocycles. The van der Waals surface area contributed by atoms with Crippen molar-refractivity contribution < 1.29 is 38.1 Å². The maximum absolute atomic E-state index is 13.9. The van der Waals surface area contributed by atoms with Gasteiger partial charge in [-0.25, -0.2) is 0 Å². The Kier molecular flexibility index (Phi) is 17.3. The van der Waals surface area contributed by atoms with E-state index in [-0.39, 0.29) is 73.9 Å². The van der Waals surface area contributed by atoms with Crippen LogP contribution in [0.5, 0.6) is 0 Å². The molecule has 8 nitrogen and oxygen atoms in total. The largest absolute Gasteiger partial charge is 0.469 e. The van der Waals surface area contributed by atoms with Gasteiger partial charge in [0, 0.05) is 17.8 Å². The molecule has 0 amide bonds. The van der Waals surface area contributed by atoms with Crippen molar-refractivity contribution in [3.05, 3.63) is 0 Å². The normalized spacial score (nSPS) is 36.1. The minimum Gasteiger partial charge on any atom is -0.469 e. The zero-order valence-electron chi connectivity index (χ0n) is 29.4. The van der Waals surface area contributed by atoms with Gasteiger partial charge >= 0.3 is 23.9 Å². The van der Waals surface area contributed by atoms with Crippen LogP contribution in [0, 0.1) is 64.1 Å². The summed E-state index contributed by atoms with van der Waals surface area (Å²) in [6.45, 7) is 12.5. The van der Waals surface area contributed by atoms with Crippen molar-refractivity contribution in [2.45, 2.75) is 181 Å². The molecule has 0 aromatic heterocycles. The quantitative estimate of drug-likeness (QED) is 0.170. The maximum atomic E-state index is 13.9. The Labute approximate surface area is 320 Å². The van der Waals surface area contributed by atoms with Crippen molar-refractivity contribution >= 4 is 23.9 Å². The molecule has 6 aliphatic carbocycles. The number of fused-ring (bicyclic) bond motifs is 5. The lowest BCUT2D eigenvalue weighted by Gasteiger charge is -2.61. The topological polar surface area (TPSA) is 105 Å². The molecule has 0 N–H and O–H groups in total. The number of hydrogen-bond acceptors (Lipinski definition) is 8. The molecule has 6 saturated carbocycles. The highest BCUT2D eigenvalue weighted by atomic mass is 16.6. The predicted octanol–water partition coefficient (Wildman–Crippen LogP) is 10.9. The van der Waals surface area contributed by atoms with Crippen LogP contribution in [-0.4, -0.2) is 48.8 Å². The van der Waals surface area contributed by atoms with Gasteiger partial charge in [0.15, 0.2) is 0 Å². The summed E-state index contributed by atoms with van der Waals surface area (Å²) in [6, 6.07) is 0. The SMILES string of the molecule is C.C.C.C.C.C.CCC(CC(CC1(C)CC(C)(C)OC1=O)C(=O)OC(C)(C)C12CC3CC(CC(C3)C1)C2)C(=O)OC.O=C1OCC2C3CCC(C3)C12. The van der Waals surface area contributed by atoms with Crippen molar-refractivity contribution in [2.75, 3.05) is 13.7 Å². The van der Waals surface area contributed by atoms with Crippen LogP contribution in [0.1, 0.15) is 170 Å². The molecule has 0 spiro atoms. The average molecular weight is 739 g/mol. The lowest BCUT2D eigenvalue weighted by atomic mass is 9.46. The molecule has 0 aromatic rings. The maximum Gasteiger partial charge on any atom is 0.312 e. The zero-order chi connectivity index (χ0) is 33.2. The molecule has 8 rings (SSSR count). The van der Waals surface area contributed by atoms with Crippen molar-refractivity contribution in [2.24, 2.45) is 64.1 Å². The molecule has 8 fully saturated rings. The fraction of sp³-hybridized carbons (Fsp3) is 0.909. The van der Waals surface area contributed by atoms with Crippen molar-refractivity contribution in [1.29, 1.82) is 0 Å². The van der Waals surface area contributed by atoms with Gasteiger partial charge in [0.05, 0.1) is 36.9 Å². The van der Waals surface area contributed by atoms with Gasteiger partial charge in [-0.3, -0.25) is 19.2 Å². The highest BCUT2D eigenvalue weighted by Gasteiger charge is 2.60. The molecule has 7 unspecified atom stereocenters. The number of rotatable bonds is 9. The van der Waals surface area contributed by atoms with Gasteiger partial charge in [-0.05, 0) is 141 Å². The fourth-order valence-electron chi connectivity index (χ4n) is 11.9. The molecule has 2 aliphatic heterocycles. The number of carbonyl (C=O) groups is 4. The van der Waals surface area contributed by atoms with Crippen molar-refractivity contribution in [3.63, 3.8) is 0 Å². The van der Waals surface area contributed by atoms with E-state index in [0.717, 1.165) is 49.5 Å². The highest BCUT2D eigenvalue weighted by molar-refractivity contribution is 5.81. The van der Waals surface area contributed by atoms with E-state index in [1.165, 1.54) is 45.6 Å². The van der Waals surface area contributed by atoms with E-state index in [1.54, 1.807) is 0 Å². The second-order valence-electron chi connectivity index (χ2n) is 17.9.